The molecule has 0 amide bonds. The van der Waals surface area contributed by atoms with Gasteiger partial charge in [-0.3, -0.25) is 0 Å². The average molecular weight is 380 g/mol. The molecule has 0 unspecified atom stereocenters. The zero-order valence-electron chi connectivity index (χ0n) is 14.4. The highest BCUT2D eigenvalue weighted by Crippen LogP contribution is 2.28. The molecule has 2 rings (SSSR count). The van der Waals surface area contributed by atoms with Crippen molar-refractivity contribution in [1.82, 2.24) is 0 Å². The van der Waals surface area contributed by atoms with Crippen molar-refractivity contribution in [3.63, 3.8) is 0 Å². The molecule has 0 spiro atoms. The van der Waals surface area contributed by atoms with E-state index in [4.69, 9.17) is 14.6 Å². The number of rotatable bonds is 8. The molecule has 2 aromatic carbocycles. The zero-order chi connectivity index (χ0) is 19.3. The summed E-state index contributed by atoms with van der Waals surface area (Å²) in [5, 5.41) is 17.3. The number of sulfonamides is 1. The summed E-state index contributed by atoms with van der Waals surface area (Å²) >= 11 is 0. The third-order valence-corrected chi connectivity index (χ3v) is 4.64. The smallest absolute Gasteiger partial charge is 0.337 e. The average Bonchev–Trinajstić information content (AvgIpc) is 2.60. The molecule has 0 aromatic heterocycles. The number of anilines is 1. The quantitative estimate of drug-likeness (QED) is 0.636. The van der Waals surface area contributed by atoms with E-state index in [0.29, 0.717) is 30.2 Å². The minimum atomic E-state index is -3.97. The van der Waals surface area contributed by atoms with E-state index in [2.05, 4.69) is 5.32 Å². The summed E-state index contributed by atoms with van der Waals surface area (Å²) in [7, 11) is -0.869. The van der Waals surface area contributed by atoms with Gasteiger partial charge in [0, 0.05) is 12.2 Å². The summed E-state index contributed by atoms with van der Waals surface area (Å²) in [4.78, 5) is 11.1. The lowest BCUT2D eigenvalue weighted by Gasteiger charge is -2.12. The third kappa shape index (κ3) is 4.64. The highest BCUT2D eigenvalue weighted by atomic mass is 32.2. The summed E-state index contributed by atoms with van der Waals surface area (Å²) in [5.74, 6) is -0.0196. The fraction of sp³-hybridized carbons (Fsp3) is 0.235. The monoisotopic (exact) mass is 380 g/mol. The van der Waals surface area contributed by atoms with Gasteiger partial charge < -0.3 is 19.9 Å². The molecule has 0 aliphatic heterocycles. The van der Waals surface area contributed by atoms with Crippen molar-refractivity contribution >= 4 is 21.7 Å². The Balaban J connectivity index is 2.13. The van der Waals surface area contributed by atoms with Crippen LogP contribution in [0, 0.1) is 0 Å². The largest absolute Gasteiger partial charge is 0.493 e. The molecule has 26 heavy (non-hydrogen) atoms. The van der Waals surface area contributed by atoms with Gasteiger partial charge in [-0.2, -0.15) is 0 Å². The standard InChI is InChI=1S/C17H20N2O6S/c1-24-15-6-3-11(9-16(15)25-2)7-8-19-14-5-4-12(26(18,22)23)10-13(14)17(20)21/h3-6,9-10,19H,7-8H2,1-2H3,(H,20,21)(H2,18,22,23). The number of methoxy groups -OCH3 is 2. The predicted octanol–water partition coefficient (Wildman–Crippen LogP) is 1.70. The molecule has 0 heterocycles. The van der Waals surface area contributed by atoms with Gasteiger partial charge in [0.25, 0.3) is 0 Å². The molecule has 0 atom stereocenters. The minimum absolute atomic E-state index is 0.163. The molecule has 140 valence electrons. The van der Waals surface area contributed by atoms with Crippen molar-refractivity contribution in [3.05, 3.63) is 47.5 Å². The lowest BCUT2D eigenvalue weighted by Crippen LogP contribution is -2.15. The van der Waals surface area contributed by atoms with Crippen LogP contribution in [-0.4, -0.2) is 40.3 Å². The van der Waals surface area contributed by atoms with Crippen molar-refractivity contribution in [3.8, 4) is 11.5 Å². The predicted molar refractivity (Wildman–Crippen MR) is 96.5 cm³/mol. The maximum Gasteiger partial charge on any atom is 0.337 e. The molecule has 0 fully saturated rings. The number of nitrogens with one attached hydrogen (secondary N) is 1. The third-order valence-electron chi connectivity index (χ3n) is 3.73. The molecule has 0 aliphatic carbocycles. The van der Waals surface area contributed by atoms with Crippen molar-refractivity contribution in [2.75, 3.05) is 26.1 Å². The van der Waals surface area contributed by atoms with Gasteiger partial charge >= 0.3 is 5.97 Å². The summed E-state index contributed by atoms with van der Waals surface area (Å²) in [6.07, 6.45) is 0.594. The van der Waals surface area contributed by atoms with Gasteiger partial charge in [-0.25, -0.2) is 18.4 Å². The van der Waals surface area contributed by atoms with Crippen LogP contribution in [0.15, 0.2) is 41.3 Å². The second-order valence-corrected chi connectivity index (χ2v) is 6.99. The SMILES string of the molecule is COc1ccc(CCNc2ccc(S(N)(=O)=O)cc2C(=O)O)cc1OC. The van der Waals surface area contributed by atoms with Gasteiger partial charge in [-0.15, -0.1) is 0 Å². The molecule has 0 saturated carbocycles. The number of primary sulfonamides is 1. The Kier molecular flexibility index (Phi) is 6.06. The number of hydrogen-bond donors (Lipinski definition) is 3. The van der Waals surface area contributed by atoms with Crippen molar-refractivity contribution in [2.45, 2.75) is 11.3 Å². The Bertz CT molecular complexity index is 911. The normalized spacial score (nSPS) is 11.0. The van der Waals surface area contributed by atoms with Crippen LogP contribution in [0.2, 0.25) is 0 Å². The fourth-order valence-corrected chi connectivity index (χ4v) is 2.95. The van der Waals surface area contributed by atoms with Crippen LogP contribution in [-0.2, 0) is 16.4 Å². The molecule has 4 N–H and O–H groups in total. The Morgan fingerprint density at radius 2 is 1.81 bits per heavy atom. The molecule has 0 bridgehead atoms. The van der Waals surface area contributed by atoms with Gasteiger partial charge in [0.1, 0.15) is 0 Å². The van der Waals surface area contributed by atoms with E-state index in [1.807, 2.05) is 12.1 Å². The molecule has 0 aliphatic rings. The molecular weight excluding hydrogens is 360 g/mol. The lowest BCUT2D eigenvalue weighted by molar-refractivity contribution is 0.0697. The van der Waals surface area contributed by atoms with Gasteiger partial charge in [0.2, 0.25) is 10.0 Å². The Hall–Kier alpha value is -2.78. The van der Waals surface area contributed by atoms with E-state index in [0.717, 1.165) is 11.6 Å². The van der Waals surface area contributed by atoms with E-state index in [-0.39, 0.29) is 10.5 Å². The molecule has 9 heteroatoms. The van der Waals surface area contributed by atoms with E-state index in [1.54, 1.807) is 20.3 Å². The molecular formula is C17H20N2O6S. The number of carboxylic acids is 1. The second kappa shape index (κ2) is 8.07. The van der Waals surface area contributed by atoms with Crippen molar-refractivity contribution < 1.29 is 27.8 Å². The summed E-state index contributed by atoms with van der Waals surface area (Å²) < 4.78 is 33.2. The maximum atomic E-state index is 11.4. The van der Waals surface area contributed by atoms with Crippen LogP contribution in [0.25, 0.3) is 0 Å². The van der Waals surface area contributed by atoms with E-state index in [9.17, 15) is 18.3 Å². The highest BCUT2D eigenvalue weighted by molar-refractivity contribution is 7.89. The van der Waals surface area contributed by atoms with Crippen LogP contribution in [0.5, 0.6) is 11.5 Å². The van der Waals surface area contributed by atoms with Crippen molar-refractivity contribution in [1.29, 1.82) is 0 Å². The van der Waals surface area contributed by atoms with Gasteiger partial charge in [-0.1, -0.05) is 6.07 Å². The number of nitrogens with two attached hydrogens (primary N) is 1. The van der Waals surface area contributed by atoms with E-state index in [1.165, 1.54) is 12.1 Å². The van der Waals surface area contributed by atoms with Crippen LogP contribution < -0.4 is 19.9 Å². The Labute approximate surface area is 151 Å². The zero-order valence-corrected chi connectivity index (χ0v) is 15.2. The second-order valence-electron chi connectivity index (χ2n) is 5.42. The maximum absolute atomic E-state index is 11.4. The summed E-state index contributed by atoms with van der Waals surface area (Å²) in [5.41, 5.74) is 1.11. The van der Waals surface area contributed by atoms with Gasteiger partial charge in [0.15, 0.2) is 11.5 Å². The van der Waals surface area contributed by atoms with Crippen LogP contribution in [0.1, 0.15) is 15.9 Å². The van der Waals surface area contributed by atoms with Crippen molar-refractivity contribution in [2.24, 2.45) is 5.14 Å². The molecule has 2 aromatic rings. The lowest BCUT2D eigenvalue weighted by atomic mass is 10.1. The van der Waals surface area contributed by atoms with Crippen LogP contribution in [0.4, 0.5) is 5.69 Å². The van der Waals surface area contributed by atoms with Crippen LogP contribution in [0.3, 0.4) is 0 Å². The number of carbonyl (C=O) groups is 1. The van der Waals surface area contributed by atoms with E-state index < -0.39 is 16.0 Å². The fourth-order valence-electron chi connectivity index (χ4n) is 2.41. The number of hydrogen-bond acceptors (Lipinski definition) is 6. The first-order valence-electron chi connectivity index (χ1n) is 7.61. The topological polar surface area (TPSA) is 128 Å². The number of aromatic carboxylic acids is 1. The number of benzene rings is 2. The molecule has 0 radical (unpaired) electrons. The summed E-state index contributed by atoms with van der Waals surface area (Å²) in [6, 6.07) is 9.19. The van der Waals surface area contributed by atoms with E-state index >= 15 is 0 Å². The first-order valence-corrected chi connectivity index (χ1v) is 9.16. The first kappa shape index (κ1) is 19.5. The first-order chi connectivity index (χ1) is 12.3. The van der Waals surface area contributed by atoms with Gasteiger partial charge in [-0.05, 0) is 42.3 Å². The minimum Gasteiger partial charge on any atom is -0.493 e. The van der Waals surface area contributed by atoms with Crippen LogP contribution >= 0.6 is 0 Å². The van der Waals surface area contributed by atoms with Gasteiger partial charge in [0.05, 0.1) is 24.7 Å². The Morgan fingerprint density at radius 3 is 2.38 bits per heavy atom. The highest BCUT2D eigenvalue weighted by Gasteiger charge is 2.16. The number of carboxylic acid groups (broad SMARTS) is 1. The summed E-state index contributed by atoms with van der Waals surface area (Å²) in [6.45, 7) is 0.435. The Morgan fingerprint density at radius 1 is 1.12 bits per heavy atom. The number of ether oxygens (including phenoxy) is 2. The molecule has 0 saturated heterocycles. The molecule has 8 nitrogen and oxygen atoms in total.